The van der Waals surface area contributed by atoms with E-state index >= 15 is 0 Å². The molecule has 0 radical (unpaired) electrons. The molecule has 0 fully saturated rings. The Morgan fingerprint density at radius 3 is 2.81 bits per heavy atom. The molecular weight excluding hydrogens is 204 g/mol. The van der Waals surface area contributed by atoms with Crippen LogP contribution in [0.1, 0.15) is 5.69 Å². The fraction of sp³-hybridized carbons (Fsp3) is 0. The van der Waals surface area contributed by atoms with Crippen LogP contribution >= 0.6 is 0 Å². The molecule has 0 aromatic carbocycles. The fourth-order valence-corrected chi connectivity index (χ4v) is 0.979. The summed E-state index contributed by atoms with van der Waals surface area (Å²) >= 11 is 0. The zero-order valence-corrected chi connectivity index (χ0v) is 8.42. The fourth-order valence-electron chi connectivity index (χ4n) is 0.979. The molecule has 2 N–H and O–H groups in total. The average Bonchev–Trinajstić information content (AvgIpc) is 2.75. The molecule has 0 saturated carbocycles. The Hall–Kier alpha value is -2.54. The topological polar surface area (TPSA) is 76.9 Å². The summed E-state index contributed by atoms with van der Waals surface area (Å²) in [5.41, 5.74) is 0.664. The van der Waals surface area contributed by atoms with Crippen molar-refractivity contribution in [2.75, 3.05) is 0 Å². The number of hydrogen-bond donors (Lipinski definition) is 2. The first-order valence-corrected chi connectivity index (χ1v) is 4.56. The Balaban J connectivity index is 2.56. The molecule has 4 heteroatoms. The monoisotopic (exact) mass is 214 g/mol. The first kappa shape index (κ1) is 11.5. The van der Waals surface area contributed by atoms with E-state index in [9.17, 15) is 4.79 Å². The van der Waals surface area contributed by atoms with Gasteiger partial charge in [0, 0.05) is 11.9 Å². The lowest BCUT2D eigenvalue weighted by atomic mass is 10.2. The van der Waals surface area contributed by atoms with Gasteiger partial charge in [0.25, 0.3) is 0 Å². The van der Waals surface area contributed by atoms with Crippen molar-refractivity contribution in [3.05, 3.63) is 53.9 Å². The highest BCUT2D eigenvalue weighted by atomic mass is 16.4. The Bertz CT molecular complexity index is 474. The smallest absolute Gasteiger partial charge is 0.346 e. The van der Waals surface area contributed by atoms with Gasteiger partial charge >= 0.3 is 5.97 Å². The lowest BCUT2D eigenvalue weighted by molar-refractivity contribution is -0.132. The van der Waals surface area contributed by atoms with Gasteiger partial charge in [0.15, 0.2) is 0 Å². The maximum atomic E-state index is 10.4. The molecule has 80 valence electrons. The van der Waals surface area contributed by atoms with E-state index in [1.165, 1.54) is 12.2 Å². The molecule has 4 nitrogen and oxygen atoms in total. The highest BCUT2D eigenvalue weighted by Gasteiger charge is 2.01. The van der Waals surface area contributed by atoms with Gasteiger partial charge in [-0.3, -0.25) is 0 Å². The predicted octanol–water partition coefficient (Wildman–Crippen LogP) is 2.12. The third kappa shape index (κ3) is 3.68. The van der Waals surface area contributed by atoms with Crippen LogP contribution in [0.25, 0.3) is 6.08 Å². The van der Waals surface area contributed by atoms with Crippen LogP contribution in [0.2, 0.25) is 0 Å². The lowest BCUT2D eigenvalue weighted by Gasteiger charge is -1.84. The third-order valence-electron chi connectivity index (χ3n) is 1.73. The van der Waals surface area contributed by atoms with Crippen LogP contribution < -0.4 is 0 Å². The number of carboxylic acid groups (broad SMARTS) is 1. The summed E-state index contributed by atoms with van der Waals surface area (Å²) in [6, 6.07) is 5.36. The molecule has 1 aromatic heterocycles. The molecule has 0 atom stereocenters. The van der Waals surface area contributed by atoms with Crippen molar-refractivity contribution in [2.24, 2.45) is 0 Å². The van der Waals surface area contributed by atoms with Crippen molar-refractivity contribution in [2.45, 2.75) is 0 Å². The molecule has 0 bridgehead atoms. The van der Waals surface area contributed by atoms with Crippen LogP contribution in [-0.4, -0.2) is 16.1 Å². The summed E-state index contributed by atoms with van der Waals surface area (Å²) in [5.74, 6) is -1.22. The molecule has 0 aliphatic carbocycles. The Morgan fingerprint density at radius 1 is 1.44 bits per heavy atom. The highest BCUT2D eigenvalue weighted by molar-refractivity contribution is 5.91. The van der Waals surface area contributed by atoms with Crippen LogP contribution in [0.15, 0.2) is 48.2 Å². The number of carboxylic acids is 1. The summed E-state index contributed by atoms with van der Waals surface area (Å²) < 4.78 is 0. The van der Waals surface area contributed by atoms with Gasteiger partial charge in [0.2, 0.25) is 0 Å². The maximum absolute atomic E-state index is 10.4. The van der Waals surface area contributed by atoms with E-state index in [4.69, 9.17) is 10.4 Å². The van der Waals surface area contributed by atoms with Gasteiger partial charge in [-0.25, -0.2) is 4.79 Å². The standard InChI is InChI=1S/C12H10N2O2/c13-9-10(12(15)16)5-2-1-3-6-11-7-4-8-14-11/h1-8,14H,(H,15,16). The molecule has 0 aliphatic heterocycles. The summed E-state index contributed by atoms with van der Waals surface area (Å²) in [7, 11) is 0. The largest absolute Gasteiger partial charge is 0.477 e. The summed E-state index contributed by atoms with van der Waals surface area (Å²) in [5, 5.41) is 17.0. The highest BCUT2D eigenvalue weighted by Crippen LogP contribution is 1.98. The molecule has 0 amide bonds. The number of nitrogens with one attached hydrogen (secondary N) is 1. The molecule has 0 aliphatic rings. The first-order chi connectivity index (χ1) is 7.74. The second-order valence-corrected chi connectivity index (χ2v) is 2.87. The number of nitrogens with zero attached hydrogens (tertiary/aromatic N) is 1. The number of carbonyl (C=O) groups is 1. The number of hydrogen-bond acceptors (Lipinski definition) is 2. The number of aliphatic carboxylic acids is 1. The number of aromatic amines is 1. The molecule has 16 heavy (non-hydrogen) atoms. The van der Waals surface area contributed by atoms with Crippen molar-refractivity contribution < 1.29 is 9.90 Å². The van der Waals surface area contributed by atoms with Crippen LogP contribution in [-0.2, 0) is 4.79 Å². The van der Waals surface area contributed by atoms with Gasteiger partial charge < -0.3 is 10.1 Å². The summed E-state index contributed by atoms with van der Waals surface area (Å²) in [6.45, 7) is 0. The minimum Gasteiger partial charge on any atom is -0.477 e. The first-order valence-electron chi connectivity index (χ1n) is 4.56. The van der Waals surface area contributed by atoms with Gasteiger partial charge in [0.1, 0.15) is 11.6 Å². The van der Waals surface area contributed by atoms with E-state index in [1.54, 1.807) is 18.2 Å². The number of rotatable bonds is 4. The van der Waals surface area contributed by atoms with Gasteiger partial charge in [-0.15, -0.1) is 0 Å². The minimum absolute atomic E-state index is 0.287. The minimum atomic E-state index is -1.22. The van der Waals surface area contributed by atoms with E-state index in [0.717, 1.165) is 5.69 Å². The number of nitriles is 1. The van der Waals surface area contributed by atoms with Crippen molar-refractivity contribution in [3.63, 3.8) is 0 Å². The van der Waals surface area contributed by atoms with Gasteiger partial charge in [-0.2, -0.15) is 5.26 Å². The molecule has 1 rings (SSSR count). The van der Waals surface area contributed by atoms with Gasteiger partial charge in [-0.05, 0) is 24.3 Å². The summed E-state index contributed by atoms with van der Waals surface area (Å²) in [6.07, 6.45) is 9.80. The van der Waals surface area contributed by atoms with E-state index < -0.39 is 5.97 Å². The quantitative estimate of drug-likeness (QED) is 0.458. The summed E-state index contributed by atoms with van der Waals surface area (Å²) in [4.78, 5) is 13.4. The van der Waals surface area contributed by atoms with Crippen LogP contribution in [0, 0.1) is 11.3 Å². The van der Waals surface area contributed by atoms with E-state index in [1.807, 2.05) is 24.4 Å². The SMILES string of the molecule is N#CC(=CC=CC=Cc1ccc[nH]1)C(=O)O. The second kappa shape index (κ2) is 6.04. The van der Waals surface area contributed by atoms with Crippen LogP contribution in [0.4, 0.5) is 0 Å². The number of H-pyrrole nitrogens is 1. The van der Waals surface area contributed by atoms with E-state index in [0.29, 0.717) is 0 Å². The average molecular weight is 214 g/mol. The zero-order chi connectivity index (χ0) is 11.8. The maximum Gasteiger partial charge on any atom is 0.346 e. The van der Waals surface area contributed by atoms with Crippen molar-refractivity contribution in [1.29, 1.82) is 5.26 Å². The Morgan fingerprint density at radius 2 is 2.25 bits per heavy atom. The lowest BCUT2D eigenvalue weighted by Crippen LogP contribution is -1.96. The zero-order valence-electron chi connectivity index (χ0n) is 8.42. The van der Waals surface area contributed by atoms with E-state index in [2.05, 4.69) is 4.98 Å². The van der Waals surface area contributed by atoms with Crippen molar-refractivity contribution in [3.8, 4) is 6.07 Å². The molecule has 0 unspecified atom stereocenters. The Kier molecular flexibility index (Phi) is 4.35. The Labute approximate surface area is 92.8 Å². The molecule has 0 spiro atoms. The molecule has 1 aromatic rings. The number of allylic oxidation sites excluding steroid dienone is 4. The number of aromatic nitrogens is 1. The predicted molar refractivity (Wildman–Crippen MR) is 60.3 cm³/mol. The van der Waals surface area contributed by atoms with Crippen LogP contribution in [0.3, 0.4) is 0 Å². The van der Waals surface area contributed by atoms with Crippen LogP contribution in [0.5, 0.6) is 0 Å². The molecule has 1 heterocycles. The second-order valence-electron chi connectivity index (χ2n) is 2.87. The normalized spacial score (nSPS) is 12.1. The molecular formula is C12H10N2O2. The third-order valence-corrected chi connectivity index (χ3v) is 1.73. The van der Waals surface area contributed by atoms with Crippen molar-refractivity contribution >= 4 is 12.0 Å². The van der Waals surface area contributed by atoms with E-state index in [-0.39, 0.29) is 5.57 Å². The van der Waals surface area contributed by atoms with Gasteiger partial charge in [-0.1, -0.05) is 18.2 Å². The van der Waals surface area contributed by atoms with Gasteiger partial charge in [0.05, 0.1) is 0 Å². The van der Waals surface area contributed by atoms with Crippen molar-refractivity contribution in [1.82, 2.24) is 4.98 Å². The molecule has 0 saturated heterocycles.